The van der Waals surface area contributed by atoms with Crippen LogP contribution in [0.25, 0.3) is 0 Å². The lowest BCUT2D eigenvalue weighted by Gasteiger charge is -2.19. The summed E-state index contributed by atoms with van der Waals surface area (Å²) in [6, 6.07) is 9.59. The molecule has 0 aromatic heterocycles. The van der Waals surface area contributed by atoms with E-state index < -0.39 is 0 Å². The molecule has 0 aliphatic heterocycles. The van der Waals surface area contributed by atoms with Crippen molar-refractivity contribution in [1.82, 2.24) is 0 Å². The first-order chi connectivity index (χ1) is 9.97. The van der Waals surface area contributed by atoms with Gasteiger partial charge in [-0.15, -0.1) is 0 Å². The van der Waals surface area contributed by atoms with E-state index >= 15 is 0 Å². The van der Waals surface area contributed by atoms with Crippen molar-refractivity contribution in [2.75, 3.05) is 14.2 Å². The quantitative estimate of drug-likeness (QED) is 0.795. The first-order valence-electron chi connectivity index (χ1n) is 6.41. The van der Waals surface area contributed by atoms with E-state index in [9.17, 15) is 0 Å². The number of rotatable bonds is 4. The van der Waals surface area contributed by atoms with Gasteiger partial charge >= 0.3 is 0 Å². The number of benzene rings is 2. The van der Waals surface area contributed by atoms with Crippen LogP contribution in [0.4, 0.5) is 0 Å². The van der Waals surface area contributed by atoms with Crippen molar-refractivity contribution >= 4 is 31.9 Å². The van der Waals surface area contributed by atoms with Crippen LogP contribution in [-0.4, -0.2) is 14.2 Å². The Morgan fingerprint density at radius 2 is 1.57 bits per heavy atom. The summed E-state index contributed by atoms with van der Waals surface area (Å²) in [5, 5.41) is 0. The second kappa shape index (κ2) is 6.81. The zero-order chi connectivity index (χ0) is 15.6. The molecule has 0 aliphatic carbocycles. The first-order valence-corrected chi connectivity index (χ1v) is 7.99. The highest BCUT2D eigenvalue weighted by Crippen LogP contribution is 2.38. The zero-order valence-corrected chi connectivity index (χ0v) is 15.3. The molecule has 0 fully saturated rings. The van der Waals surface area contributed by atoms with Crippen molar-refractivity contribution in [2.24, 2.45) is 5.73 Å². The predicted molar refractivity (Wildman–Crippen MR) is 92.2 cm³/mol. The lowest BCUT2D eigenvalue weighted by molar-refractivity contribution is 0.395. The summed E-state index contributed by atoms with van der Waals surface area (Å²) >= 11 is 7.04. The SMILES string of the molecule is COc1cc(C(N)c2ccc(C)cc2Br)c(OC)cc1Br. The normalized spacial score (nSPS) is 12.1. The van der Waals surface area contributed by atoms with Crippen LogP contribution in [0.3, 0.4) is 0 Å². The number of hydrogen-bond acceptors (Lipinski definition) is 3. The van der Waals surface area contributed by atoms with Crippen molar-refractivity contribution in [2.45, 2.75) is 13.0 Å². The van der Waals surface area contributed by atoms with Gasteiger partial charge in [0, 0.05) is 10.0 Å². The third-order valence-electron chi connectivity index (χ3n) is 3.33. The largest absolute Gasteiger partial charge is 0.496 e. The molecule has 0 saturated carbocycles. The standard InChI is InChI=1S/C16H17Br2NO2/c1-9-4-5-10(12(17)6-9)16(19)11-7-15(21-3)13(18)8-14(11)20-2/h4-8,16H,19H2,1-3H3. The zero-order valence-electron chi connectivity index (χ0n) is 12.1. The van der Waals surface area contributed by atoms with Crippen molar-refractivity contribution in [3.8, 4) is 11.5 Å². The minimum atomic E-state index is -0.308. The Labute approximate surface area is 141 Å². The minimum Gasteiger partial charge on any atom is -0.496 e. The summed E-state index contributed by atoms with van der Waals surface area (Å²) in [6.45, 7) is 2.04. The molecule has 2 rings (SSSR count). The van der Waals surface area contributed by atoms with Crippen LogP contribution < -0.4 is 15.2 Å². The maximum atomic E-state index is 6.44. The second-order valence-electron chi connectivity index (χ2n) is 4.73. The van der Waals surface area contributed by atoms with Crippen LogP contribution in [-0.2, 0) is 0 Å². The highest BCUT2D eigenvalue weighted by atomic mass is 79.9. The Hall–Kier alpha value is -1.04. The topological polar surface area (TPSA) is 44.5 Å². The maximum Gasteiger partial charge on any atom is 0.133 e. The van der Waals surface area contributed by atoms with Gasteiger partial charge in [-0.05, 0) is 52.2 Å². The predicted octanol–water partition coefficient (Wildman–Crippen LogP) is 4.59. The molecule has 0 spiro atoms. The molecule has 0 heterocycles. The van der Waals surface area contributed by atoms with Crippen molar-refractivity contribution in [3.63, 3.8) is 0 Å². The fourth-order valence-electron chi connectivity index (χ4n) is 2.18. The van der Waals surface area contributed by atoms with E-state index in [2.05, 4.69) is 37.9 Å². The average Bonchev–Trinajstić information content (AvgIpc) is 2.46. The summed E-state index contributed by atoms with van der Waals surface area (Å²) in [5.41, 5.74) is 9.50. The maximum absolute atomic E-state index is 6.44. The number of halogens is 2. The van der Waals surface area contributed by atoms with E-state index in [1.807, 2.05) is 31.2 Å². The number of methoxy groups -OCH3 is 2. The Morgan fingerprint density at radius 1 is 0.905 bits per heavy atom. The minimum absolute atomic E-state index is 0.308. The summed E-state index contributed by atoms with van der Waals surface area (Å²) in [7, 11) is 3.26. The second-order valence-corrected chi connectivity index (χ2v) is 6.44. The highest BCUT2D eigenvalue weighted by molar-refractivity contribution is 9.10. The summed E-state index contributed by atoms with van der Waals surface area (Å²) in [5.74, 6) is 1.45. The summed E-state index contributed by atoms with van der Waals surface area (Å²) in [4.78, 5) is 0. The smallest absolute Gasteiger partial charge is 0.133 e. The molecule has 1 unspecified atom stereocenters. The molecular formula is C16H17Br2NO2. The summed E-state index contributed by atoms with van der Waals surface area (Å²) in [6.07, 6.45) is 0. The van der Waals surface area contributed by atoms with Crippen LogP contribution in [0.2, 0.25) is 0 Å². The molecule has 0 bridgehead atoms. The fraction of sp³-hybridized carbons (Fsp3) is 0.250. The van der Waals surface area contributed by atoms with Crippen LogP contribution in [0.15, 0.2) is 39.3 Å². The molecule has 21 heavy (non-hydrogen) atoms. The van der Waals surface area contributed by atoms with Gasteiger partial charge in [0.25, 0.3) is 0 Å². The van der Waals surface area contributed by atoms with Gasteiger partial charge in [0.1, 0.15) is 11.5 Å². The number of ether oxygens (including phenoxy) is 2. The molecule has 5 heteroatoms. The third-order valence-corrected chi connectivity index (χ3v) is 4.64. The molecule has 0 aliphatic rings. The molecule has 2 N–H and O–H groups in total. The van der Waals surface area contributed by atoms with Crippen molar-refractivity contribution in [3.05, 3.63) is 56.0 Å². The number of aryl methyl sites for hydroxylation is 1. The molecule has 2 aromatic rings. The van der Waals surface area contributed by atoms with Gasteiger partial charge in [-0.25, -0.2) is 0 Å². The van der Waals surface area contributed by atoms with E-state index in [0.29, 0.717) is 0 Å². The van der Waals surface area contributed by atoms with Crippen LogP contribution in [0.1, 0.15) is 22.7 Å². The molecule has 0 radical (unpaired) electrons. The Bertz CT molecular complexity index is 659. The lowest BCUT2D eigenvalue weighted by atomic mass is 9.97. The molecule has 0 amide bonds. The Morgan fingerprint density at radius 3 is 2.14 bits per heavy atom. The molecule has 3 nitrogen and oxygen atoms in total. The Balaban J connectivity index is 2.53. The van der Waals surface area contributed by atoms with Gasteiger partial charge < -0.3 is 15.2 Å². The average molecular weight is 415 g/mol. The number of nitrogens with two attached hydrogens (primary N) is 1. The van der Waals surface area contributed by atoms with Crippen LogP contribution in [0.5, 0.6) is 11.5 Å². The number of hydrogen-bond donors (Lipinski definition) is 1. The van der Waals surface area contributed by atoms with Gasteiger partial charge in [-0.2, -0.15) is 0 Å². The van der Waals surface area contributed by atoms with Crippen LogP contribution >= 0.6 is 31.9 Å². The van der Waals surface area contributed by atoms with E-state index in [0.717, 1.165) is 31.6 Å². The van der Waals surface area contributed by atoms with Gasteiger partial charge in [0.2, 0.25) is 0 Å². The Kier molecular flexibility index (Phi) is 5.30. The molecule has 0 saturated heterocycles. The van der Waals surface area contributed by atoms with Gasteiger partial charge in [0.15, 0.2) is 0 Å². The molecule has 112 valence electrons. The third kappa shape index (κ3) is 3.42. The van der Waals surface area contributed by atoms with E-state index in [1.54, 1.807) is 14.2 Å². The molecular weight excluding hydrogens is 398 g/mol. The van der Waals surface area contributed by atoms with Gasteiger partial charge in [-0.3, -0.25) is 0 Å². The van der Waals surface area contributed by atoms with Gasteiger partial charge in [-0.1, -0.05) is 28.1 Å². The van der Waals surface area contributed by atoms with E-state index in [1.165, 1.54) is 5.56 Å². The van der Waals surface area contributed by atoms with Crippen LogP contribution in [0, 0.1) is 6.92 Å². The fourth-order valence-corrected chi connectivity index (χ4v) is 3.40. The summed E-state index contributed by atoms with van der Waals surface area (Å²) < 4.78 is 12.6. The van der Waals surface area contributed by atoms with E-state index in [-0.39, 0.29) is 6.04 Å². The molecule has 2 aromatic carbocycles. The van der Waals surface area contributed by atoms with Crippen molar-refractivity contribution in [1.29, 1.82) is 0 Å². The van der Waals surface area contributed by atoms with Gasteiger partial charge in [0.05, 0.1) is 24.7 Å². The lowest BCUT2D eigenvalue weighted by Crippen LogP contribution is -2.14. The monoisotopic (exact) mass is 413 g/mol. The van der Waals surface area contributed by atoms with E-state index in [4.69, 9.17) is 15.2 Å². The highest BCUT2D eigenvalue weighted by Gasteiger charge is 2.19. The first kappa shape index (κ1) is 16.3. The molecule has 1 atom stereocenters. The van der Waals surface area contributed by atoms with Crippen molar-refractivity contribution < 1.29 is 9.47 Å².